The fourth-order valence-corrected chi connectivity index (χ4v) is 1.75. The molecule has 2 aromatic rings. The van der Waals surface area contributed by atoms with Gasteiger partial charge in [0.2, 0.25) is 5.88 Å². The van der Waals surface area contributed by atoms with Gasteiger partial charge in [-0.2, -0.15) is 0 Å². The van der Waals surface area contributed by atoms with Crippen LogP contribution < -0.4 is 10.5 Å². The van der Waals surface area contributed by atoms with Crippen LogP contribution in [0.15, 0.2) is 22.7 Å². The van der Waals surface area contributed by atoms with Gasteiger partial charge in [-0.3, -0.25) is 5.10 Å². The minimum Gasteiger partial charge on any atom is -0.436 e. The van der Waals surface area contributed by atoms with Crippen molar-refractivity contribution in [2.24, 2.45) is 0 Å². The van der Waals surface area contributed by atoms with Gasteiger partial charge in [-0.15, -0.1) is 5.10 Å². The van der Waals surface area contributed by atoms with Crippen molar-refractivity contribution in [1.29, 1.82) is 0 Å². The number of halogens is 1. The summed E-state index contributed by atoms with van der Waals surface area (Å²) < 4.78 is 6.44. The summed E-state index contributed by atoms with van der Waals surface area (Å²) in [5, 5.41) is 6.82. The topological polar surface area (TPSA) is 63.9 Å². The molecule has 2 rings (SSSR count). The summed E-state index contributed by atoms with van der Waals surface area (Å²) in [7, 11) is 0. The fourth-order valence-electron chi connectivity index (χ4n) is 1.31. The van der Waals surface area contributed by atoms with E-state index in [4.69, 9.17) is 10.5 Å². The highest BCUT2D eigenvalue weighted by molar-refractivity contribution is 9.10. The Balaban J connectivity index is 2.31. The first-order valence-corrected chi connectivity index (χ1v) is 5.61. The number of ether oxygens (including phenoxy) is 1. The second-order valence-electron chi connectivity index (χ2n) is 3.63. The molecule has 0 aliphatic rings. The number of benzene rings is 1. The molecule has 5 heteroatoms. The zero-order valence-corrected chi connectivity index (χ0v) is 10.6. The minimum atomic E-state index is 0.544. The van der Waals surface area contributed by atoms with E-state index in [9.17, 15) is 0 Å². The Kier molecular flexibility index (Phi) is 2.87. The molecule has 1 heterocycles. The highest BCUT2D eigenvalue weighted by Crippen LogP contribution is 2.32. The van der Waals surface area contributed by atoms with Crippen molar-refractivity contribution in [1.82, 2.24) is 10.2 Å². The smallest absolute Gasteiger partial charge is 0.238 e. The molecule has 0 saturated carbocycles. The number of nitrogens with two attached hydrogens (primary N) is 1. The van der Waals surface area contributed by atoms with Crippen molar-refractivity contribution < 1.29 is 4.74 Å². The molecule has 0 bridgehead atoms. The van der Waals surface area contributed by atoms with Crippen LogP contribution >= 0.6 is 15.9 Å². The van der Waals surface area contributed by atoms with Gasteiger partial charge in [0.1, 0.15) is 5.75 Å². The number of nitrogen functional groups attached to an aromatic ring is 1. The number of aryl methyl sites for hydroxylation is 2. The molecule has 0 aliphatic heterocycles. The highest BCUT2D eigenvalue weighted by atomic mass is 79.9. The van der Waals surface area contributed by atoms with Crippen LogP contribution in [0.25, 0.3) is 0 Å². The number of nitrogens with one attached hydrogen (secondary N) is 1. The van der Waals surface area contributed by atoms with Gasteiger partial charge in [-0.05, 0) is 47.5 Å². The number of aromatic nitrogens is 2. The van der Waals surface area contributed by atoms with E-state index < -0.39 is 0 Å². The lowest BCUT2D eigenvalue weighted by atomic mass is 10.2. The quantitative estimate of drug-likeness (QED) is 0.831. The first-order valence-electron chi connectivity index (χ1n) is 4.82. The predicted octanol–water partition coefficient (Wildman–Crippen LogP) is 3.16. The molecule has 0 aliphatic carbocycles. The Morgan fingerprint density at radius 3 is 2.69 bits per heavy atom. The summed E-state index contributed by atoms with van der Waals surface area (Å²) in [5.41, 5.74) is 8.45. The van der Waals surface area contributed by atoms with Crippen molar-refractivity contribution in [2.45, 2.75) is 13.8 Å². The fraction of sp³-hybridized carbons (Fsp3) is 0.182. The molecule has 0 atom stereocenters. The van der Waals surface area contributed by atoms with E-state index >= 15 is 0 Å². The number of hydrogen-bond donors (Lipinski definition) is 2. The summed E-state index contributed by atoms with van der Waals surface area (Å²) in [5.74, 6) is 1.25. The lowest BCUT2D eigenvalue weighted by Gasteiger charge is -2.07. The molecular formula is C11H12BrN3O. The van der Waals surface area contributed by atoms with E-state index in [2.05, 4.69) is 26.1 Å². The monoisotopic (exact) mass is 281 g/mol. The zero-order valence-electron chi connectivity index (χ0n) is 9.04. The van der Waals surface area contributed by atoms with Crippen LogP contribution in [0.4, 0.5) is 5.69 Å². The zero-order chi connectivity index (χ0) is 11.7. The predicted molar refractivity (Wildman–Crippen MR) is 66.7 cm³/mol. The lowest BCUT2D eigenvalue weighted by Crippen LogP contribution is -1.92. The summed E-state index contributed by atoms with van der Waals surface area (Å²) >= 11 is 3.40. The number of aromatic amines is 1. The normalized spacial score (nSPS) is 10.4. The molecule has 0 unspecified atom stereocenters. The Morgan fingerprint density at radius 2 is 2.06 bits per heavy atom. The molecule has 1 aromatic carbocycles. The molecule has 1 aromatic heterocycles. The standard InChI is InChI=1S/C11H12BrN3O/c1-6-3-10(8(12)5-9(6)13)16-11-4-7(2)14-15-11/h3-5H,13H2,1-2H3,(H,14,15). The third kappa shape index (κ3) is 2.19. The number of anilines is 1. The lowest BCUT2D eigenvalue weighted by molar-refractivity contribution is 0.458. The van der Waals surface area contributed by atoms with Crippen LogP contribution in [0, 0.1) is 13.8 Å². The van der Waals surface area contributed by atoms with Gasteiger partial charge in [0.25, 0.3) is 0 Å². The highest BCUT2D eigenvalue weighted by Gasteiger charge is 2.07. The van der Waals surface area contributed by atoms with Gasteiger partial charge in [0, 0.05) is 17.4 Å². The minimum absolute atomic E-state index is 0.544. The summed E-state index contributed by atoms with van der Waals surface area (Å²) in [6, 6.07) is 5.53. The van der Waals surface area contributed by atoms with Crippen LogP contribution in [-0.2, 0) is 0 Å². The van der Waals surface area contributed by atoms with Crippen LogP contribution in [0.1, 0.15) is 11.3 Å². The van der Waals surface area contributed by atoms with Gasteiger partial charge < -0.3 is 10.5 Å². The Hall–Kier alpha value is -1.49. The number of hydrogen-bond acceptors (Lipinski definition) is 3. The van der Waals surface area contributed by atoms with Gasteiger partial charge >= 0.3 is 0 Å². The van der Waals surface area contributed by atoms with Crippen molar-refractivity contribution in [3.05, 3.63) is 33.9 Å². The second-order valence-corrected chi connectivity index (χ2v) is 4.48. The van der Waals surface area contributed by atoms with Gasteiger partial charge in [-0.1, -0.05) is 0 Å². The molecule has 0 radical (unpaired) electrons. The molecule has 0 fully saturated rings. The molecule has 3 N–H and O–H groups in total. The maximum Gasteiger partial charge on any atom is 0.238 e. The number of rotatable bonds is 2. The van der Waals surface area contributed by atoms with Crippen molar-refractivity contribution >= 4 is 21.6 Å². The first-order chi connectivity index (χ1) is 7.56. The number of H-pyrrole nitrogens is 1. The number of nitrogens with zero attached hydrogens (tertiary/aromatic N) is 1. The van der Waals surface area contributed by atoms with Crippen molar-refractivity contribution in [2.75, 3.05) is 5.73 Å². The first kappa shape index (κ1) is 11.0. The van der Waals surface area contributed by atoms with Gasteiger partial charge in [-0.25, -0.2) is 0 Å². The average molecular weight is 282 g/mol. The van der Waals surface area contributed by atoms with E-state index in [1.54, 1.807) is 0 Å². The van der Waals surface area contributed by atoms with Crippen LogP contribution in [0.2, 0.25) is 0 Å². The molecule has 4 nitrogen and oxygen atoms in total. The Morgan fingerprint density at radius 1 is 1.31 bits per heavy atom. The molecule has 84 valence electrons. The Bertz CT molecular complexity index is 522. The largest absolute Gasteiger partial charge is 0.436 e. The van der Waals surface area contributed by atoms with Crippen LogP contribution in [0.5, 0.6) is 11.6 Å². The molecular weight excluding hydrogens is 270 g/mol. The summed E-state index contributed by atoms with van der Waals surface area (Å²) in [6.07, 6.45) is 0. The van der Waals surface area contributed by atoms with E-state index in [-0.39, 0.29) is 0 Å². The van der Waals surface area contributed by atoms with E-state index in [0.29, 0.717) is 11.6 Å². The van der Waals surface area contributed by atoms with E-state index in [1.807, 2.05) is 32.0 Å². The third-order valence-corrected chi connectivity index (χ3v) is 2.84. The maximum atomic E-state index is 5.78. The van der Waals surface area contributed by atoms with Crippen LogP contribution in [0.3, 0.4) is 0 Å². The molecule has 16 heavy (non-hydrogen) atoms. The second kappa shape index (κ2) is 4.17. The molecule has 0 saturated heterocycles. The molecule has 0 spiro atoms. The average Bonchev–Trinajstić information content (AvgIpc) is 2.60. The summed E-state index contributed by atoms with van der Waals surface area (Å²) in [4.78, 5) is 0. The van der Waals surface area contributed by atoms with Gasteiger partial charge in [0.05, 0.1) is 4.47 Å². The SMILES string of the molecule is Cc1cc(Oc2cc(C)c(N)cc2Br)n[nH]1. The third-order valence-electron chi connectivity index (χ3n) is 2.22. The maximum absolute atomic E-state index is 5.78. The summed E-state index contributed by atoms with van der Waals surface area (Å²) in [6.45, 7) is 3.85. The van der Waals surface area contributed by atoms with E-state index in [0.717, 1.165) is 21.4 Å². The van der Waals surface area contributed by atoms with Crippen molar-refractivity contribution in [3.63, 3.8) is 0 Å². The Labute approximate surface area is 102 Å². The van der Waals surface area contributed by atoms with Crippen LogP contribution in [-0.4, -0.2) is 10.2 Å². The van der Waals surface area contributed by atoms with Crippen molar-refractivity contribution in [3.8, 4) is 11.6 Å². The molecule has 0 amide bonds. The van der Waals surface area contributed by atoms with Gasteiger partial charge in [0.15, 0.2) is 0 Å². The van der Waals surface area contributed by atoms with E-state index in [1.165, 1.54) is 0 Å².